The summed E-state index contributed by atoms with van der Waals surface area (Å²) in [6.45, 7) is 2.63. The van der Waals surface area contributed by atoms with E-state index in [-0.39, 0.29) is 5.91 Å². The third-order valence-corrected chi connectivity index (χ3v) is 4.03. The van der Waals surface area contributed by atoms with Crippen LogP contribution in [-0.4, -0.2) is 10.5 Å². The third-order valence-electron chi connectivity index (χ3n) is 2.61. The summed E-state index contributed by atoms with van der Waals surface area (Å²) in [5.74, 6) is -0.206. The van der Waals surface area contributed by atoms with Crippen molar-refractivity contribution in [3.8, 4) is 0 Å². The fraction of sp³-hybridized carbons (Fsp3) is 0.154. The minimum atomic E-state index is -0.206. The molecular weight excluding hydrogens is 351 g/mol. The summed E-state index contributed by atoms with van der Waals surface area (Å²) in [5.41, 5.74) is 1.19. The highest BCUT2D eigenvalue weighted by Gasteiger charge is 2.13. The SMILES string of the molecule is CCn1cc(Cl)cc1C(=O)Nc1ccc(Cl)c(Br)c1. The van der Waals surface area contributed by atoms with E-state index in [4.69, 9.17) is 23.2 Å². The lowest BCUT2D eigenvalue weighted by molar-refractivity contribution is 0.101. The fourth-order valence-corrected chi connectivity index (χ4v) is 2.41. The molecule has 19 heavy (non-hydrogen) atoms. The summed E-state index contributed by atoms with van der Waals surface area (Å²) in [6.07, 6.45) is 1.73. The number of halogens is 3. The van der Waals surface area contributed by atoms with Crippen LogP contribution in [0.2, 0.25) is 10.0 Å². The summed E-state index contributed by atoms with van der Waals surface area (Å²) in [7, 11) is 0. The van der Waals surface area contributed by atoms with Crippen LogP contribution in [0.25, 0.3) is 0 Å². The lowest BCUT2D eigenvalue weighted by Gasteiger charge is -2.08. The molecule has 0 spiro atoms. The number of hydrogen-bond acceptors (Lipinski definition) is 1. The molecule has 1 aromatic carbocycles. The summed E-state index contributed by atoms with van der Waals surface area (Å²) in [5, 5.41) is 3.95. The summed E-state index contributed by atoms with van der Waals surface area (Å²) in [6, 6.07) is 6.85. The van der Waals surface area contributed by atoms with E-state index in [2.05, 4.69) is 21.2 Å². The van der Waals surface area contributed by atoms with Gasteiger partial charge in [0.1, 0.15) is 5.69 Å². The number of aryl methyl sites for hydroxylation is 1. The van der Waals surface area contributed by atoms with E-state index >= 15 is 0 Å². The van der Waals surface area contributed by atoms with Crippen LogP contribution in [0.1, 0.15) is 17.4 Å². The number of carbonyl (C=O) groups is 1. The maximum absolute atomic E-state index is 12.2. The monoisotopic (exact) mass is 360 g/mol. The second-order valence-corrected chi connectivity index (χ2v) is 5.61. The molecule has 1 aromatic heterocycles. The van der Waals surface area contributed by atoms with Crippen LogP contribution in [0.3, 0.4) is 0 Å². The maximum atomic E-state index is 12.2. The Bertz CT molecular complexity index is 625. The molecule has 6 heteroatoms. The molecule has 0 bridgehead atoms. The minimum Gasteiger partial charge on any atom is -0.342 e. The van der Waals surface area contributed by atoms with Crippen molar-refractivity contribution in [2.24, 2.45) is 0 Å². The Morgan fingerprint density at radius 2 is 2.11 bits per heavy atom. The van der Waals surface area contributed by atoms with E-state index in [1.165, 1.54) is 0 Å². The van der Waals surface area contributed by atoms with Crippen molar-refractivity contribution in [3.05, 3.63) is 50.7 Å². The van der Waals surface area contributed by atoms with Gasteiger partial charge in [-0.3, -0.25) is 4.79 Å². The van der Waals surface area contributed by atoms with Crippen LogP contribution in [0, 0.1) is 0 Å². The van der Waals surface area contributed by atoms with Crippen molar-refractivity contribution in [1.82, 2.24) is 4.57 Å². The van der Waals surface area contributed by atoms with Gasteiger partial charge in [0.05, 0.1) is 10.0 Å². The number of amides is 1. The van der Waals surface area contributed by atoms with Gasteiger partial charge >= 0.3 is 0 Å². The van der Waals surface area contributed by atoms with Crippen molar-refractivity contribution in [1.29, 1.82) is 0 Å². The summed E-state index contributed by atoms with van der Waals surface area (Å²) >= 11 is 15.1. The Hall–Kier alpha value is -0.970. The first-order valence-electron chi connectivity index (χ1n) is 5.63. The molecule has 0 radical (unpaired) electrons. The van der Waals surface area contributed by atoms with Crippen molar-refractivity contribution in [2.45, 2.75) is 13.5 Å². The summed E-state index contributed by atoms with van der Waals surface area (Å²) in [4.78, 5) is 12.2. The number of nitrogens with zero attached hydrogens (tertiary/aromatic N) is 1. The van der Waals surface area contributed by atoms with Crippen molar-refractivity contribution in [3.63, 3.8) is 0 Å². The minimum absolute atomic E-state index is 0.206. The molecule has 2 aromatic rings. The van der Waals surface area contributed by atoms with Gasteiger partial charge in [0.25, 0.3) is 5.91 Å². The molecule has 0 saturated carbocycles. The van der Waals surface area contributed by atoms with Gasteiger partial charge in [0, 0.05) is 22.9 Å². The molecule has 2 rings (SSSR count). The Morgan fingerprint density at radius 3 is 2.74 bits per heavy atom. The second kappa shape index (κ2) is 5.99. The Balaban J connectivity index is 2.22. The predicted octanol–water partition coefficient (Wildman–Crippen LogP) is 4.83. The molecule has 0 saturated heterocycles. The first-order valence-corrected chi connectivity index (χ1v) is 7.18. The molecule has 0 fully saturated rings. The molecule has 0 aliphatic rings. The number of hydrogen-bond donors (Lipinski definition) is 1. The lowest BCUT2D eigenvalue weighted by atomic mass is 10.3. The number of anilines is 1. The number of aromatic nitrogens is 1. The zero-order valence-electron chi connectivity index (χ0n) is 10.1. The standard InChI is InChI=1S/C13H11BrCl2N2O/c1-2-18-7-8(15)5-12(18)13(19)17-9-3-4-11(16)10(14)6-9/h3-7H,2H2,1H3,(H,17,19). The van der Waals surface area contributed by atoms with Crippen LogP contribution in [0.15, 0.2) is 34.9 Å². The molecule has 0 aliphatic heterocycles. The van der Waals surface area contributed by atoms with Gasteiger partial charge in [0.2, 0.25) is 0 Å². The molecule has 100 valence electrons. The molecule has 3 nitrogen and oxygen atoms in total. The van der Waals surface area contributed by atoms with Crippen LogP contribution in [0.4, 0.5) is 5.69 Å². The quantitative estimate of drug-likeness (QED) is 0.834. The van der Waals surface area contributed by atoms with E-state index in [0.29, 0.717) is 28.0 Å². The van der Waals surface area contributed by atoms with Crippen LogP contribution in [-0.2, 0) is 6.54 Å². The normalized spacial score (nSPS) is 10.5. The molecular formula is C13H11BrCl2N2O. The second-order valence-electron chi connectivity index (χ2n) is 3.91. The van der Waals surface area contributed by atoms with Crippen molar-refractivity contribution < 1.29 is 4.79 Å². The van der Waals surface area contributed by atoms with Crippen molar-refractivity contribution >= 4 is 50.7 Å². The van der Waals surface area contributed by atoms with Gasteiger partial charge < -0.3 is 9.88 Å². The maximum Gasteiger partial charge on any atom is 0.272 e. The molecule has 0 unspecified atom stereocenters. The molecule has 1 N–H and O–H groups in total. The van der Waals surface area contributed by atoms with Gasteiger partial charge in [-0.15, -0.1) is 0 Å². The van der Waals surface area contributed by atoms with Gasteiger partial charge in [-0.1, -0.05) is 23.2 Å². The Morgan fingerprint density at radius 1 is 1.37 bits per heavy atom. The zero-order chi connectivity index (χ0) is 14.0. The molecule has 1 heterocycles. The van der Waals surface area contributed by atoms with E-state index < -0.39 is 0 Å². The molecule has 1 amide bonds. The number of nitrogens with one attached hydrogen (secondary N) is 1. The van der Waals surface area contributed by atoms with E-state index in [1.807, 2.05) is 6.92 Å². The van der Waals surface area contributed by atoms with Crippen LogP contribution >= 0.6 is 39.1 Å². The van der Waals surface area contributed by atoms with Gasteiger partial charge in [-0.2, -0.15) is 0 Å². The van der Waals surface area contributed by atoms with E-state index in [9.17, 15) is 4.79 Å². The lowest BCUT2D eigenvalue weighted by Crippen LogP contribution is -2.16. The van der Waals surface area contributed by atoms with Gasteiger partial charge in [0.15, 0.2) is 0 Å². The highest BCUT2D eigenvalue weighted by atomic mass is 79.9. The average Bonchev–Trinajstić information content (AvgIpc) is 2.75. The highest BCUT2D eigenvalue weighted by molar-refractivity contribution is 9.10. The average molecular weight is 362 g/mol. The molecule has 0 atom stereocenters. The van der Waals surface area contributed by atoms with E-state index in [1.54, 1.807) is 35.0 Å². The smallest absolute Gasteiger partial charge is 0.272 e. The van der Waals surface area contributed by atoms with Crippen LogP contribution < -0.4 is 5.32 Å². The van der Waals surface area contributed by atoms with Crippen LogP contribution in [0.5, 0.6) is 0 Å². The third kappa shape index (κ3) is 3.32. The number of carbonyl (C=O) groups excluding carboxylic acids is 1. The molecule has 0 aliphatic carbocycles. The largest absolute Gasteiger partial charge is 0.342 e. The van der Waals surface area contributed by atoms with Gasteiger partial charge in [-0.25, -0.2) is 0 Å². The number of benzene rings is 1. The number of rotatable bonds is 3. The fourth-order valence-electron chi connectivity index (χ4n) is 1.70. The van der Waals surface area contributed by atoms with Crippen molar-refractivity contribution in [2.75, 3.05) is 5.32 Å². The first-order chi connectivity index (χ1) is 9.01. The first kappa shape index (κ1) is 14.4. The predicted molar refractivity (Wildman–Crippen MR) is 82.2 cm³/mol. The topological polar surface area (TPSA) is 34.0 Å². The Kier molecular flexibility index (Phi) is 4.55. The summed E-state index contributed by atoms with van der Waals surface area (Å²) < 4.78 is 2.53. The van der Waals surface area contributed by atoms with E-state index in [0.717, 1.165) is 4.47 Å². The Labute approximate surface area is 129 Å². The van der Waals surface area contributed by atoms with Gasteiger partial charge in [-0.05, 0) is 47.1 Å². The zero-order valence-corrected chi connectivity index (χ0v) is 13.2. The highest BCUT2D eigenvalue weighted by Crippen LogP contribution is 2.26.